The monoisotopic (exact) mass is 363 g/mol. The van der Waals surface area contributed by atoms with Crippen molar-refractivity contribution in [3.8, 4) is 0 Å². The smallest absolute Gasteiger partial charge is 0.396 e. The third-order valence-electron chi connectivity index (χ3n) is 2.89. The van der Waals surface area contributed by atoms with Gasteiger partial charge in [-0.1, -0.05) is 0 Å². The predicted molar refractivity (Wildman–Crippen MR) is 84.3 cm³/mol. The second-order valence-electron chi connectivity index (χ2n) is 4.78. The lowest BCUT2D eigenvalue weighted by Gasteiger charge is -2.18. The van der Waals surface area contributed by atoms with Gasteiger partial charge in [-0.25, -0.2) is 4.79 Å². The Morgan fingerprint density at radius 1 is 0.880 bits per heavy atom. The molecule has 1 aliphatic heterocycles. The molecule has 1 amide bonds. The fourth-order valence-electron chi connectivity index (χ4n) is 1.74. The number of rotatable bonds is 2. The first-order valence-electron chi connectivity index (χ1n) is 8.05. The Bertz CT molecular complexity index is 374. The maximum absolute atomic E-state index is 11.1. The van der Waals surface area contributed by atoms with E-state index < -0.39 is 12.2 Å². The lowest BCUT2D eigenvalue weighted by Crippen LogP contribution is -2.29. The first-order valence-corrected chi connectivity index (χ1v) is 8.05. The molecule has 1 rings (SSSR count). The van der Waals surface area contributed by atoms with E-state index in [1.165, 1.54) is 0 Å². The van der Waals surface area contributed by atoms with Crippen LogP contribution in [0.15, 0.2) is 5.11 Å². The van der Waals surface area contributed by atoms with Crippen molar-refractivity contribution in [3.63, 3.8) is 0 Å². The minimum Gasteiger partial charge on any atom is -0.458 e. The lowest BCUT2D eigenvalue weighted by molar-refractivity contribution is -0.0748. The van der Waals surface area contributed by atoms with Gasteiger partial charge < -0.3 is 33.2 Å². The third kappa shape index (κ3) is 13.5. The number of ether oxygens (including phenoxy) is 7. The van der Waals surface area contributed by atoms with Crippen LogP contribution in [-0.4, -0.2) is 91.5 Å². The summed E-state index contributed by atoms with van der Waals surface area (Å²) in [6.45, 7) is 4.43. The average molecular weight is 363 g/mol. The number of azide groups is 1. The van der Waals surface area contributed by atoms with Gasteiger partial charge in [0.05, 0.1) is 72.7 Å². The topological polar surface area (TPSA) is 130 Å². The highest BCUT2D eigenvalue weighted by Crippen LogP contribution is 1.98. The molecule has 1 aliphatic rings. The van der Waals surface area contributed by atoms with Crippen molar-refractivity contribution in [3.05, 3.63) is 10.4 Å². The second kappa shape index (κ2) is 16.0. The number of hydrogen-bond acceptors (Lipinski definition) is 8. The van der Waals surface area contributed by atoms with Crippen LogP contribution < -0.4 is 0 Å². The van der Waals surface area contributed by atoms with Gasteiger partial charge >= 0.3 is 6.09 Å². The first-order chi connectivity index (χ1) is 12.3. The molecule has 0 spiro atoms. The SMILES string of the molecule is [N-]=[N+]=NC(=O)OCC1COCCOCCOCCOCCOCCO1. The molecule has 11 heteroatoms. The number of carbonyl (C=O) groups excluding carboxylic acids is 1. The molecule has 25 heavy (non-hydrogen) atoms. The fourth-order valence-corrected chi connectivity index (χ4v) is 1.74. The molecule has 0 N–H and O–H groups in total. The quantitative estimate of drug-likeness (QED) is 0.402. The molecule has 0 saturated carbocycles. The maximum atomic E-state index is 11.1. The molecular formula is C14H25N3O8. The van der Waals surface area contributed by atoms with Crippen LogP contribution in [0.4, 0.5) is 4.79 Å². The zero-order valence-corrected chi connectivity index (χ0v) is 14.2. The molecular weight excluding hydrogens is 338 g/mol. The summed E-state index contributed by atoms with van der Waals surface area (Å²) in [6, 6.07) is 0. The molecule has 1 fully saturated rings. The van der Waals surface area contributed by atoms with E-state index in [9.17, 15) is 4.79 Å². The van der Waals surface area contributed by atoms with Gasteiger partial charge in [0, 0.05) is 10.0 Å². The van der Waals surface area contributed by atoms with Crippen LogP contribution in [0.5, 0.6) is 0 Å². The zero-order valence-electron chi connectivity index (χ0n) is 14.2. The van der Waals surface area contributed by atoms with Gasteiger partial charge in [0.2, 0.25) is 0 Å². The van der Waals surface area contributed by atoms with Crippen LogP contribution in [0.25, 0.3) is 10.4 Å². The van der Waals surface area contributed by atoms with Gasteiger partial charge in [0.25, 0.3) is 0 Å². The van der Waals surface area contributed by atoms with E-state index >= 15 is 0 Å². The summed E-state index contributed by atoms with van der Waals surface area (Å²) < 4.78 is 37.2. The van der Waals surface area contributed by atoms with Gasteiger partial charge in [0.15, 0.2) is 0 Å². The highest BCUT2D eigenvalue weighted by molar-refractivity contribution is 5.67. The van der Waals surface area contributed by atoms with Gasteiger partial charge in [-0.2, -0.15) is 0 Å². The summed E-state index contributed by atoms with van der Waals surface area (Å²) in [5, 5.41) is 2.82. The van der Waals surface area contributed by atoms with E-state index in [4.69, 9.17) is 38.7 Å². The summed E-state index contributed by atoms with van der Waals surface area (Å²) >= 11 is 0. The molecule has 0 radical (unpaired) electrons. The Hall–Kier alpha value is -1.46. The highest BCUT2D eigenvalue weighted by Gasteiger charge is 2.13. The van der Waals surface area contributed by atoms with Crippen LogP contribution in [0.1, 0.15) is 0 Å². The van der Waals surface area contributed by atoms with Crippen LogP contribution in [-0.2, 0) is 33.2 Å². The van der Waals surface area contributed by atoms with E-state index in [0.717, 1.165) is 0 Å². The molecule has 1 unspecified atom stereocenters. The minimum atomic E-state index is -1.01. The zero-order chi connectivity index (χ0) is 18.0. The molecule has 0 aromatic carbocycles. The maximum Gasteiger partial charge on any atom is 0.396 e. The molecule has 0 bridgehead atoms. The summed E-state index contributed by atoms with van der Waals surface area (Å²) in [7, 11) is 0. The van der Waals surface area contributed by atoms with Crippen LogP contribution in [0.2, 0.25) is 0 Å². The van der Waals surface area contributed by atoms with E-state index in [2.05, 4.69) is 10.0 Å². The number of hydrogen-bond donors (Lipinski definition) is 0. The van der Waals surface area contributed by atoms with Crippen molar-refractivity contribution in [2.24, 2.45) is 5.11 Å². The lowest BCUT2D eigenvalue weighted by atomic mass is 10.4. The van der Waals surface area contributed by atoms with E-state index in [1.807, 2.05) is 0 Å². The van der Waals surface area contributed by atoms with Gasteiger partial charge in [-0.15, -0.1) is 0 Å². The number of carbonyl (C=O) groups is 1. The molecule has 144 valence electrons. The summed E-state index contributed by atoms with van der Waals surface area (Å²) in [5.41, 5.74) is 8.16. The largest absolute Gasteiger partial charge is 0.458 e. The minimum absolute atomic E-state index is 0.0876. The van der Waals surface area contributed by atoms with Crippen molar-refractivity contribution >= 4 is 6.09 Å². The predicted octanol–water partition coefficient (Wildman–Crippen LogP) is 0.915. The number of amides is 1. The Balaban J connectivity index is 2.31. The summed E-state index contributed by atoms with van der Waals surface area (Å²) in [6.07, 6.45) is -1.51. The molecule has 1 atom stereocenters. The van der Waals surface area contributed by atoms with Crippen LogP contribution >= 0.6 is 0 Å². The fraction of sp³-hybridized carbons (Fsp3) is 0.929. The summed E-state index contributed by atoms with van der Waals surface area (Å²) in [5.74, 6) is 0. The normalized spacial score (nSPS) is 22.8. The Kier molecular flexibility index (Phi) is 13.8. The highest BCUT2D eigenvalue weighted by atomic mass is 16.6. The van der Waals surface area contributed by atoms with Crippen molar-refractivity contribution in [2.75, 3.05) is 79.3 Å². The molecule has 1 heterocycles. The van der Waals surface area contributed by atoms with Crippen molar-refractivity contribution in [2.45, 2.75) is 6.10 Å². The van der Waals surface area contributed by atoms with E-state index in [1.54, 1.807) is 0 Å². The van der Waals surface area contributed by atoms with Gasteiger partial charge in [-0.3, -0.25) is 0 Å². The molecule has 0 aromatic heterocycles. The Morgan fingerprint density at radius 3 is 1.88 bits per heavy atom. The number of nitrogens with zero attached hydrogens (tertiary/aromatic N) is 3. The Morgan fingerprint density at radius 2 is 1.36 bits per heavy atom. The first kappa shape index (κ1) is 21.6. The Labute approximate surface area is 146 Å². The van der Waals surface area contributed by atoms with Crippen molar-refractivity contribution in [1.29, 1.82) is 0 Å². The van der Waals surface area contributed by atoms with Crippen molar-refractivity contribution in [1.82, 2.24) is 0 Å². The molecule has 11 nitrogen and oxygen atoms in total. The standard InChI is InChI=1S/C14H25N3O8/c15-17-16-14(18)25-12-13-11-23-8-7-21-4-3-19-1-2-20-5-6-22-9-10-24-13/h13H,1-12H2. The van der Waals surface area contributed by atoms with Crippen molar-refractivity contribution < 1.29 is 38.0 Å². The molecule has 0 aromatic rings. The average Bonchev–Trinajstić information content (AvgIpc) is 2.61. The van der Waals surface area contributed by atoms with E-state index in [0.29, 0.717) is 66.1 Å². The van der Waals surface area contributed by atoms with Gasteiger partial charge in [0.1, 0.15) is 12.7 Å². The van der Waals surface area contributed by atoms with Gasteiger partial charge in [-0.05, 0) is 5.53 Å². The van der Waals surface area contributed by atoms with Crippen LogP contribution in [0.3, 0.4) is 0 Å². The molecule has 0 aliphatic carbocycles. The third-order valence-corrected chi connectivity index (χ3v) is 2.89. The van der Waals surface area contributed by atoms with Crippen LogP contribution in [0, 0.1) is 0 Å². The molecule has 1 saturated heterocycles. The van der Waals surface area contributed by atoms with E-state index in [-0.39, 0.29) is 13.2 Å². The second-order valence-corrected chi connectivity index (χ2v) is 4.78. The summed E-state index contributed by atoms with van der Waals surface area (Å²) in [4.78, 5) is 13.4.